The zero-order valence-electron chi connectivity index (χ0n) is 14.3. The van der Waals surface area contributed by atoms with Gasteiger partial charge < -0.3 is 14.5 Å². The maximum atomic E-state index is 13.1. The van der Waals surface area contributed by atoms with Gasteiger partial charge in [0.05, 0.1) is 18.9 Å². The second kappa shape index (κ2) is 6.64. The van der Waals surface area contributed by atoms with Crippen molar-refractivity contribution in [3.8, 4) is 0 Å². The number of nitrogens with zero attached hydrogens (tertiary/aromatic N) is 3. The Labute approximate surface area is 152 Å². The number of carbonyl (C=O) groups is 2. The minimum Gasteiger partial charge on any atom is -0.378 e. The Morgan fingerprint density at radius 3 is 2.65 bits per heavy atom. The zero-order chi connectivity index (χ0) is 18.3. The highest BCUT2D eigenvalue weighted by Gasteiger charge is 2.46. The van der Waals surface area contributed by atoms with E-state index in [-0.39, 0.29) is 28.9 Å². The SMILES string of the molecule is O=C(CN1C(=O)[C@@H]2CCCN2S(=O)(=O)c2ccccc21)N1CCOCC1. The first kappa shape index (κ1) is 17.4. The molecule has 1 atom stereocenters. The van der Waals surface area contributed by atoms with Crippen LogP contribution in [0.3, 0.4) is 0 Å². The monoisotopic (exact) mass is 379 g/mol. The topological polar surface area (TPSA) is 87.2 Å². The Morgan fingerprint density at radius 1 is 1.15 bits per heavy atom. The van der Waals surface area contributed by atoms with Crippen molar-refractivity contribution in [1.82, 2.24) is 9.21 Å². The van der Waals surface area contributed by atoms with E-state index in [0.29, 0.717) is 45.7 Å². The maximum absolute atomic E-state index is 13.1. The predicted octanol–water partition coefficient (Wildman–Crippen LogP) is 0.0451. The summed E-state index contributed by atoms with van der Waals surface area (Å²) in [4.78, 5) is 28.9. The molecule has 8 nitrogen and oxygen atoms in total. The highest BCUT2D eigenvalue weighted by atomic mass is 32.2. The molecule has 0 unspecified atom stereocenters. The van der Waals surface area contributed by atoms with Crippen LogP contribution in [-0.2, 0) is 24.3 Å². The molecular formula is C17H21N3O5S. The van der Waals surface area contributed by atoms with E-state index in [1.54, 1.807) is 23.1 Å². The van der Waals surface area contributed by atoms with Crippen LogP contribution in [0.5, 0.6) is 0 Å². The number of morpholine rings is 1. The van der Waals surface area contributed by atoms with E-state index in [2.05, 4.69) is 0 Å². The smallest absolute Gasteiger partial charge is 0.245 e. The van der Waals surface area contributed by atoms with Crippen molar-refractivity contribution >= 4 is 27.5 Å². The number of anilines is 1. The molecule has 4 rings (SSSR count). The van der Waals surface area contributed by atoms with E-state index in [1.165, 1.54) is 15.3 Å². The van der Waals surface area contributed by atoms with E-state index in [9.17, 15) is 18.0 Å². The average Bonchev–Trinajstić information content (AvgIpc) is 3.15. The van der Waals surface area contributed by atoms with Crippen LogP contribution in [0.2, 0.25) is 0 Å². The summed E-state index contributed by atoms with van der Waals surface area (Å²) < 4.78 is 32.6. The third-order valence-corrected chi connectivity index (χ3v) is 7.11. The van der Waals surface area contributed by atoms with Gasteiger partial charge in [0.15, 0.2) is 0 Å². The molecule has 0 aromatic heterocycles. The number of sulfonamides is 1. The number of carbonyl (C=O) groups excluding carboxylic acids is 2. The van der Waals surface area contributed by atoms with Crippen LogP contribution in [0.1, 0.15) is 12.8 Å². The minimum absolute atomic E-state index is 0.0903. The molecular weight excluding hydrogens is 358 g/mol. The largest absolute Gasteiger partial charge is 0.378 e. The maximum Gasteiger partial charge on any atom is 0.245 e. The van der Waals surface area contributed by atoms with Gasteiger partial charge in [-0.15, -0.1) is 0 Å². The molecule has 0 saturated carbocycles. The Kier molecular flexibility index (Phi) is 4.45. The number of para-hydroxylation sites is 1. The summed E-state index contributed by atoms with van der Waals surface area (Å²) in [6.07, 6.45) is 1.12. The number of amides is 2. The lowest BCUT2D eigenvalue weighted by Crippen LogP contribution is -2.50. The zero-order valence-corrected chi connectivity index (χ0v) is 15.2. The van der Waals surface area contributed by atoms with Crippen LogP contribution in [0.15, 0.2) is 29.2 Å². The molecule has 0 bridgehead atoms. The molecule has 9 heteroatoms. The van der Waals surface area contributed by atoms with E-state index >= 15 is 0 Å². The van der Waals surface area contributed by atoms with Gasteiger partial charge in [0.25, 0.3) is 0 Å². The number of hydrogen-bond acceptors (Lipinski definition) is 5. The lowest BCUT2D eigenvalue weighted by molar-refractivity contribution is -0.135. The average molecular weight is 379 g/mol. The third-order valence-electron chi connectivity index (χ3n) is 5.15. The fraction of sp³-hybridized carbons (Fsp3) is 0.529. The first-order valence-electron chi connectivity index (χ1n) is 8.78. The first-order chi connectivity index (χ1) is 12.5. The Hall–Kier alpha value is -1.97. The Balaban J connectivity index is 1.72. The van der Waals surface area contributed by atoms with Crippen LogP contribution in [0, 0.1) is 0 Å². The first-order valence-corrected chi connectivity index (χ1v) is 10.2. The molecule has 0 N–H and O–H groups in total. The summed E-state index contributed by atoms with van der Waals surface area (Å²) in [5, 5.41) is 0. The molecule has 3 aliphatic rings. The number of benzene rings is 1. The molecule has 0 spiro atoms. The molecule has 1 aromatic carbocycles. The highest BCUT2D eigenvalue weighted by molar-refractivity contribution is 7.89. The van der Waals surface area contributed by atoms with Crippen molar-refractivity contribution in [3.05, 3.63) is 24.3 Å². The van der Waals surface area contributed by atoms with Gasteiger partial charge in [-0.2, -0.15) is 4.31 Å². The molecule has 2 fully saturated rings. The van der Waals surface area contributed by atoms with Gasteiger partial charge in [0.2, 0.25) is 21.8 Å². The number of ether oxygens (including phenoxy) is 1. The second-order valence-corrected chi connectivity index (χ2v) is 8.52. The third kappa shape index (κ3) is 2.80. The predicted molar refractivity (Wildman–Crippen MR) is 93.1 cm³/mol. The van der Waals surface area contributed by atoms with Crippen molar-refractivity contribution in [1.29, 1.82) is 0 Å². The van der Waals surface area contributed by atoms with Gasteiger partial charge in [-0.3, -0.25) is 9.59 Å². The quantitative estimate of drug-likeness (QED) is 0.724. The van der Waals surface area contributed by atoms with Crippen molar-refractivity contribution in [2.75, 3.05) is 44.3 Å². The molecule has 0 radical (unpaired) electrons. The lowest BCUT2D eigenvalue weighted by Gasteiger charge is -2.30. The molecule has 2 amide bonds. The summed E-state index contributed by atoms with van der Waals surface area (Å²) in [5.74, 6) is -0.516. The summed E-state index contributed by atoms with van der Waals surface area (Å²) >= 11 is 0. The van der Waals surface area contributed by atoms with Crippen LogP contribution in [0.4, 0.5) is 5.69 Å². The van der Waals surface area contributed by atoms with Crippen molar-refractivity contribution in [2.24, 2.45) is 0 Å². The highest BCUT2D eigenvalue weighted by Crippen LogP contribution is 2.37. The summed E-state index contributed by atoms with van der Waals surface area (Å²) in [6.45, 7) is 2.09. The normalized spacial score (nSPS) is 25.5. The van der Waals surface area contributed by atoms with Crippen LogP contribution < -0.4 is 4.90 Å². The van der Waals surface area contributed by atoms with Crippen molar-refractivity contribution in [2.45, 2.75) is 23.8 Å². The van der Waals surface area contributed by atoms with Crippen LogP contribution >= 0.6 is 0 Å². The van der Waals surface area contributed by atoms with E-state index in [4.69, 9.17) is 4.74 Å². The number of fused-ring (bicyclic) bond motifs is 2. The minimum atomic E-state index is -3.76. The Morgan fingerprint density at radius 2 is 1.88 bits per heavy atom. The van der Waals surface area contributed by atoms with Gasteiger partial charge in [0.1, 0.15) is 17.5 Å². The van der Waals surface area contributed by atoms with Crippen LogP contribution in [-0.4, -0.2) is 74.9 Å². The molecule has 140 valence electrons. The molecule has 0 aliphatic carbocycles. The standard InChI is InChI=1S/C17H21N3O5S/c21-16(18-8-10-25-11-9-18)12-19-13-4-1-2-6-15(13)26(23,24)20-7-3-5-14(20)17(19)22/h1-2,4,6,14H,3,5,7-12H2/t14-/m0/s1. The molecule has 2 saturated heterocycles. The summed E-state index contributed by atoms with van der Waals surface area (Å²) in [7, 11) is -3.76. The van der Waals surface area contributed by atoms with Crippen LogP contribution in [0.25, 0.3) is 0 Å². The fourth-order valence-corrected chi connectivity index (χ4v) is 5.65. The number of hydrogen-bond donors (Lipinski definition) is 0. The van der Waals surface area contributed by atoms with Crippen molar-refractivity contribution < 1.29 is 22.7 Å². The summed E-state index contributed by atoms with van der Waals surface area (Å²) in [6, 6.07) is 5.69. The number of rotatable bonds is 2. The molecule has 26 heavy (non-hydrogen) atoms. The van der Waals surface area contributed by atoms with E-state index < -0.39 is 16.1 Å². The van der Waals surface area contributed by atoms with Gasteiger partial charge >= 0.3 is 0 Å². The molecule has 1 aromatic rings. The van der Waals surface area contributed by atoms with Gasteiger partial charge in [-0.05, 0) is 25.0 Å². The van der Waals surface area contributed by atoms with E-state index in [1.807, 2.05) is 0 Å². The van der Waals surface area contributed by atoms with Gasteiger partial charge in [0, 0.05) is 19.6 Å². The second-order valence-electron chi connectivity index (χ2n) is 6.66. The summed E-state index contributed by atoms with van der Waals surface area (Å²) in [5.41, 5.74) is 0.286. The molecule has 3 aliphatic heterocycles. The van der Waals surface area contributed by atoms with Gasteiger partial charge in [-0.1, -0.05) is 12.1 Å². The van der Waals surface area contributed by atoms with Gasteiger partial charge in [-0.25, -0.2) is 8.42 Å². The lowest BCUT2D eigenvalue weighted by atomic mass is 10.1. The molecule has 3 heterocycles. The van der Waals surface area contributed by atoms with Crippen molar-refractivity contribution in [3.63, 3.8) is 0 Å². The fourth-order valence-electron chi connectivity index (χ4n) is 3.81. The Bertz CT molecular complexity index is 835. The van der Waals surface area contributed by atoms with E-state index in [0.717, 1.165) is 0 Å².